The van der Waals surface area contributed by atoms with Crippen molar-refractivity contribution in [3.05, 3.63) is 47.6 Å². The Labute approximate surface area is 118 Å². The zero-order valence-corrected chi connectivity index (χ0v) is 11.3. The molecule has 0 saturated carbocycles. The molecule has 0 bridgehead atoms. The lowest BCUT2D eigenvalue weighted by Gasteiger charge is -2.02. The number of amides is 1. The maximum absolute atomic E-state index is 12.0. The Morgan fingerprint density at radius 1 is 1.35 bits per heavy atom. The van der Waals surface area contributed by atoms with Gasteiger partial charge in [-0.2, -0.15) is 0 Å². The van der Waals surface area contributed by atoms with Gasteiger partial charge in [0.2, 0.25) is 0 Å². The molecule has 20 heavy (non-hydrogen) atoms. The molecular weight excluding hydrogens is 276 g/mol. The molecule has 1 N–H and O–H groups in total. The third-order valence-corrected chi connectivity index (χ3v) is 3.37. The van der Waals surface area contributed by atoms with Crippen LogP contribution >= 0.6 is 11.3 Å². The molecule has 8 heteroatoms. The van der Waals surface area contributed by atoms with Crippen molar-refractivity contribution in [2.45, 2.75) is 6.92 Å². The lowest BCUT2D eigenvalue weighted by molar-refractivity contribution is 0.102. The molecule has 0 atom stereocenters. The number of nitrogens with one attached hydrogen (secondary N) is 1. The molecule has 0 saturated heterocycles. The molecule has 3 aromatic rings. The quantitative estimate of drug-likeness (QED) is 0.791. The van der Waals surface area contributed by atoms with Crippen LogP contribution in [-0.4, -0.2) is 30.6 Å². The predicted molar refractivity (Wildman–Crippen MR) is 74.0 cm³/mol. The first-order valence-electron chi connectivity index (χ1n) is 5.78. The van der Waals surface area contributed by atoms with Crippen LogP contribution in [0.5, 0.6) is 0 Å². The molecule has 7 nitrogen and oxygen atoms in total. The van der Waals surface area contributed by atoms with E-state index in [1.807, 2.05) is 12.3 Å². The fourth-order valence-electron chi connectivity index (χ4n) is 1.55. The monoisotopic (exact) mass is 286 g/mol. The third kappa shape index (κ3) is 2.54. The van der Waals surface area contributed by atoms with E-state index in [0.29, 0.717) is 10.9 Å². The van der Waals surface area contributed by atoms with Crippen LogP contribution in [0, 0.1) is 6.92 Å². The number of carbonyl (C=O) groups is 1. The van der Waals surface area contributed by atoms with Crippen molar-refractivity contribution in [1.29, 1.82) is 0 Å². The third-order valence-electron chi connectivity index (χ3n) is 2.49. The molecule has 1 amide bonds. The van der Waals surface area contributed by atoms with Crippen molar-refractivity contribution in [2.24, 2.45) is 0 Å². The molecule has 100 valence electrons. The molecule has 0 spiro atoms. The van der Waals surface area contributed by atoms with E-state index in [2.05, 4.69) is 25.5 Å². The van der Waals surface area contributed by atoms with E-state index in [0.717, 1.165) is 5.69 Å². The molecule has 3 aromatic heterocycles. The van der Waals surface area contributed by atoms with Gasteiger partial charge in [-0.25, -0.2) is 9.97 Å². The molecular formula is C12H10N6OS. The summed E-state index contributed by atoms with van der Waals surface area (Å²) in [7, 11) is 0. The molecule has 0 aliphatic carbocycles. The number of hydrogen-bond donors (Lipinski definition) is 1. The average molecular weight is 286 g/mol. The molecule has 0 aromatic carbocycles. The highest BCUT2D eigenvalue weighted by Crippen LogP contribution is 2.15. The Morgan fingerprint density at radius 3 is 2.85 bits per heavy atom. The normalized spacial score (nSPS) is 10.4. The van der Waals surface area contributed by atoms with Crippen LogP contribution in [0.1, 0.15) is 16.2 Å². The lowest BCUT2D eigenvalue weighted by Crippen LogP contribution is -2.14. The Bertz CT molecular complexity index is 719. The summed E-state index contributed by atoms with van der Waals surface area (Å²) in [5.74, 6) is 0.271. The summed E-state index contributed by atoms with van der Waals surface area (Å²) in [4.78, 5) is 20.0. The van der Waals surface area contributed by atoms with Gasteiger partial charge in [-0.05, 0) is 19.1 Å². The summed E-state index contributed by atoms with van der Waals surface area (Å²) < 4.78 is 1.71. The van der Waals surface area contributed by atoms with Gasteiger partial charge < -0.3 is 0 Å². The predicted octanol–water partition coefficient (Wildman–Crippen LogP) is 1.68. The minimum absolute atomic E-state index is 0.238. The Morgan fingerprint density at radius 2 is 2.25 bits per heavy atom. The average Bonchev–Trinajstić information content (AvgIpc) is 3.11. The molecule has 0 aliphatic heterocycles. The highest BCUT2D eigenvalue weighted by atomic mass is 32.1. The number of thiazole rings is 1. The van der Waals surface area contributed by atoms with Gasteiger partial charge in [0.05, 0.1) is 5.69 Å². The van der Waals surface area contributed by atoms with Crippen molar-refractivity contribution < 1.29 is 4.79 Å². The highest BCUT2D eigenvalue weighted by Gasteiger charge is 2.10. The summed E-state index contributed by atoms with van der Waals surface area (Å²) in [5.41, 5.74) is 1.11. The molecule has 0 aliphatic rings. The number of anilines is 1. The number of hydrogen-bond acceptors (Lipinski definition) is 6. The van der Waals surface area contributed by atoms with E-state index in [1.165, 1.54) is 11.3 Å². The van der Waals surface area contributed by atoms with Gasteiger partial charge in [0.1, 0.15) is 6.33 Å². The maximum Gasteiger partial charge on any atom is 0.277 e. The second kappa shape index (κ2) is 5.17. The van der Waals surface area contributed by atoms with Gasteiger partial charge in [0.25, 0.3) is 5.91 Å². The van der Waals surface area contributed by atoms with Crippen molar-refractivity contribution >= 4 is 22.4 Å². The van der Waals surface area contributed by atoms with Crippen LogP contribution in [-0.2, 0) is 0 Å². The van der Waals surface area contributed by atoms with Crippen molar-refractivity contribution in [3.8, 4) is 5.82 Å². The first-order valence-corrected chi connectivity index (χ1v) is 6.66. The molecule has 0 fully saturated rings. The van der Waals surface area contributed by atoms with Crippen molar-refractivity contribution in [3.63, 3.8) is 0 Å². The number of rotatable bonds is 3. The number of imidazole rings is 1. The Kier molecular flexibility index (Phi) is 3.21. The van der Waals surface area contributed by atoms with Crippen molar-refractivity contribution in [1.82, 2.24) is 24.7 Å². The van der Waals surface area contributed by atoms with Crippen LogP contribution in [0.3, 0.4) is 0 Å². The van der Waals surface area contributed by atoms with E-state index in [1.54, 1.807) is 35.4 Å². The second-order valence-corrected chi connectivity index (χ2v) is 4.85. The van der Waals surface area contributed by atoms with Crippen LogP contribution in [0.2, 0.25) is 0 Å². The number of aromatic nitrogens is 5. The molecule has 0 unspecified atom stereocenters. The van der Waals surface area contributed by atoms with Gasteiger partial charge in [-0.15, -0.1) is 21.5 Å². The van der Waals surface area contributed by atoms with Crippen LogP contribution < -0.4 is 5.32 Å². The van der Waals surface area contributed by atoms with Gasteiger partial charge in [0, 0.05) is 17.8 Å². The largest absolute Gasteiger partial charge is 0.296 e. The Hall–Kier alpha value is -2.61. The maximum atomic E-state index is 12.0. The van der Waals surface area contributed by atoms with Crippen molar-refractivity contribution in [2.75, 3.05) is 5.32 Å². The molecule has 0 radical (unpaired) electrons. The van der Waals surface area contributed by atoms with Gasteiger partial charge in [-0.1, -0.05) is 0 Å². The highest BCUT2D eigenvalue weighted by molar-refractivity contribution is 7.13. The topological polar surface area (TPSA) is 85.6 Å². The zero-order valence-electron chi connectivity index (χ0n) is 10.5. The summed E-state index contributed by atoms with van der Waals surface area (Å²) in [5, 5.41) is 13.0. The number of aryl methyl sites for hydroxylation is 1. The second-order valence-electron chi connectivity index (χ2n) is 3.99. The fourth-order valence-corrected chi connectivity index (χ4v) is 2.23. The van der Waals surface area contributed by atoms with E-state index < -0.39 is 0 Å². The summed E-state index contributed by atoms with van der Waals surface area (Å²) in [6, 6.07) is 3.31. The van der Waals surface area contributed by atoms with Gasteiger partial charge >= 0.3 is 0 Å². The summed E-state index contributed by atoms with van der Waals surface area (Å²) in [6.07, 6.45) is 5.01. The van der Waals surface area contributed by atoms with Crippen LogP contribution in [0.4, 0.5) is 5.13 Å². The SMILES string of the molecule is Cc1csc(NC(=O)c2ccc(-n3ccnc3)nn2)n1. The zero-order chi connectivity index (χ0) is 13.9. The first kappa shape index (κ1) is 12.4. The number of carbonyl (C=O) groups excluding carboxylic acids is 1. The minimum Gasteiger partial charge on any atom is -0.296 e. The van der Waals surface area contributed by atoms with Crippen LogP contribution in [0.15, 0.2) is 36.2 Å². The fraction of sp³-hybridized carbons (Fsp3) is 0.0833. The smallest absolute Gasteiger partial charge is 0.277 e. The van der Waals surface area contributed by atoms with E-state index in [4.69, 9.17) is 0 Å². The summed E-state index contributed by atoms with van der Waals surface area (Å²) in [6.45, 7) is 1.87. The Balaban J connectivity index is 1.75. The van der Waals surface area contributed by atoms with E-state index in [-0.39, 0.29) is 11.6 Å². The molecule has 3 rings (SSSR count). The summed E-state index contributed by atoms with van der Waals surface area (Å²) >= 11 is 1.37. The van der Waals surface area contributed by atoms with E-state index >= 15 is 0 Å². The number of nitrogens with zero attached hydrogens (tertiary/aromatic N) is 5. The standard InChI is InChI=1S/C12H10N6OS/c1-8-6-20-12(14-8)15-11(19)9-2-3-10(17-16-9)18-5-4-13-7-18/h2-7H,1H3,(H,14,15,19). The lowest BCUT2D eigenvalue weighted by atomic mass is 10.3. The van der Waals surface area contributed by atoms with E-state index in [9.17, 15) is 4.79 Å². The van der Waals surface area contributed by atoms with Gasteiger partial charge in [0.15, 0.2) is 16.6 Å². The van der Waals surface area contributed by atoms with Gasteiger partial charge in [-0.3, -0.25) is 14.7 Å². The molecule has 3 heterocycles. The first-order chi connectivity index (χ1) is 9.72. The van der Waals surface area contributed by atoms with Crippen LogP contribution in [0.25, 0.3) is 5.82 Å². The minimum atomic E-state index is -0.330.